The molecule has 2 aliphatic heterocycles. The Morgan fingerprint density at radius 2 is 2.08 bits per heavy atom. The summed E-state index contributed by atoms with van der Waals surface area (Å²) < 4.78 is 4.90. The van der Waals surface area contributed by atoms with Crippen LogP contribution in [0.3, 0.4) is 0 Å². The highest BCUT2D eigenvalue weighted by atomic mass is 32.2. The van der Waals surface area contributed by atoms with Crippen LogP contribution in [0.5, 0.6) is 0 Å². The van der Waals surface area contributed by atoms with Crippen LogP contribution in [0.25, 0.3) is 0 Å². The minimum atomic E-state index is -0.512. The van der Waals surface area contributed by atoms with Crippen molar-refractivity contribution in [3.8, 4) is 0 Å². The summed E-state index contributed by atoms with van der Waals surface area (Å²) in [5.41, 5.74) is 1.70. The fraction of sp³-hybridized carbons (Fsp3) is 0.333. The number of fused-ring (bicyclic) bond motifs is 3. The SMILES string of the molecule is CC1(C)S[C@H]2c3ccccc3C(=O)N2[C@H]1C(=O)NCc1ccco1. The summed E-state index contributed by atoms with van der Waals surface area (Å²) >= 11 is 1.67. The Morgan fingerprint density at radius 1 is 1.29 bits per heavy atom. The first-order valence-electron chi connectivity index (χ1n) is 7.88. The van der Waals surface area contributed by atoms with Gasteiger partial charge in [-0.25, -0.2) is 0 Å². The van der Waals surface area contributed by atoms with Gasteiger partial charge in [0.05, 0.1) is 12.8 Å². The van der Waals surface area contributed by atoms with Crippen molar-refractivity contribution in [2.24, 2.45) is 0 Å². The van der Waals surface area contributed by atoms with Crippen LogP contribution < -0.4 is 5.32 Å². The van der Waals surface area contributed by atoms with Gasteiger partial charge in [-0.05, 0) is 37.6 Å². The molecule has 5 nitrogen and oxygen atoms in total. The van der Waals surface area contributed by atoms with Crippen molar-refractivity contribution in [1.82, 2.24) is 10.2 Å². The largest absolute Gasteiger partial charge is 0.467 e. The summed E-state index contributed by atoms with van der Waals surface area (Å²) in [5, 5.41) is 2.81. The van der Waals surface area contributed by atoms with Gasteiger partial charge in [0.15, 0.2) is 0 Å². The van der Waals surface area contributed by atoms with E-state index in [1.54, 1.807) is 29.0 Å². The number of hydrogen-bond donors (Lipinski definition) is 1. The number of carbonyl (C=O) groups excluding carboxylic acids is 2. The second-order valence-electron chi connectivity index (χ2n) is 6.57. The summed E-state index contributed by atoms with van der Waals surface area (Å²) in [6.07, 6.45) is 1.58. The molecule has 2 amide bonds. The molecule has 1 saturated heterocycles. The molecule has 2 atom stereocenters. The van der Waals surface area contributed by atoms with Crippen LogP contribution in [-0.4, -0.2) is 27.5 Å². The number of hydrogen-bond acceptors (Lipinski definition) is 4. The van der Waals surface area contributed by atoms with Gasteiger partial charge in [-0.2, -0.15) is 0 Å². The smallest absolute Gasteiger partial charge is 0.256 e. The zero-order valence-electron chi connectivity index (χ0n) is 13.5. The minimum absolute atomic E-state index is 0.0631. The maximum absolute atomic E-state index is 12.8. The lowest BCUT2D eigenvalue weighted by molar-refractivity contribution is -0.126. The molecule has 1 fully saturated rings. The molecule has 0 bridgehead atoms. The maximum Gasteiger partial charge on any atom is 0.256 e. The third kappa shape index (κ3) is 2.24. The van der Waals surface area contributed by atoms with Crippen LogP contribution in [0.15, 0.2) is 47.1 Å². The Labute approximate surface area is 144 Å². The summed E-state index contributed by atoms with van der Waals surface area (Å²) in [7, 11) is 0. The zero-order valence-corrected chi connectivity index (χ0v) is 14.3. The van der Waals surface area contributed by atoms with Crippen molar-refractivity contribution in [2.45, 2.75) is 36.6 Å². The molecular formula is C18H18N2O3S. The Bertz CT molecular complexity index is 800. The fourth-order valence-electron chi connectivity index (χ4n) is 3.49. The molecule has 2 aliphatic rings. The first kappa shape index (κ1) is 15.3. The molecule has 4 rings (SSSR count). The lowest BCUT2D eigenvalue weighted by Gasteiger charge is -2.29. The molecule has 0 saturated carbocycles. The summed E-state index contributed by atoms with van der Waals surface area (Å²) in [6.45, 7) is 4.36. The molecule has 1 N–H and O–H groups in total. The Morgan fingerprint density at radius 3 is 2.83 bits per heavy atom. The van der Waals surface area contributed by atoms with E-state index in [2.05, 4.69) is 5.32 Å². The number of carbonyl (C=O) groups is 2. The second kappa shape index (κ2) is 5.41. The van der Waals surface area contributed by atoms with Crippen molar-refractivity contribution in [3.63, 3.8) is 0 Å². The van der Waals surface area contributed by atoms with Gasteiger partial charge in [0.2, 0.25) is 5.91 Å². The van der Waals surface area contributed by atoms with E-state index in [-0.39, 0.29) is 21.9 Å². The van der Waals surface area contributed by atoms with Gasteiger partial charge in [-0.1, -0.05) is 18.2 Å². The molecule has 0 aliphatic carbocycles. The van der Waals surface area contributed by atoms with Crippen molar-refractivity contribution in [1.29, 1.82) is 0 Å². The van der Waals surface area contributed by atoms with Crippen molar-refractivity contribution in [3.05, 3.63) is 59.5 Å². The number of furan rings is 1. The van der Waals surface area contributed by atoms with E-state index in [0.717, 1.165) is 5.56 Å². The highest BCUT2D eigenvalue weighted by Crippen LogP contribution is 2.56. The quantitative estimate of drug-likeness (QED) is 0.931. The van der Waals surface area contributed by atoms with E-state index in [4.69, 9.17) is 4.42 Å². The lowest BCUT2D eigenvalue weighted by atomic mass is 10.0. The van der Waals surface area contributed by atoms with Gasteiger partial charge in [-0.3, -0.25) is 9.59 Å². The van der Waals surface area contributed by atoms with Gasteiger partial charge in [-0.15, -0.1) is 11.8 Å². The maximum atomic E-state index is 12.8. The second-order valence-corrected chi connectivity index (χ2v) is 8.31. The van der Waals surface area contributed by atoms with Crippen molar-refractivity contribution >= 4 is 23.6 Å². The molecule has 24 heavy (non-hydrogen) atoms. The van der Waals surface area contributed by atoms with E-state index in [9.17, 15) is 9.59 Å². The third-order valence-corrected chi connectivity index (χ3v) is 6.10. The van der Waals surface area contributed by atoms with E-state index in [1.807, 2.05) is 44.2 Å². The molecular weight excluding hydrogens is 324 g/mol. The topological polar surface area (TPSA) is 62.6 Å². The molecule has 1 aromatic carbocycles. The van der Waals surface area contributed by atoms with Gasteiger partial charge < -0.3 is 14.6 Å². The van der Waals surface area contributed by atoms with Gasteiger partial charge in [0, 0.05) is 10.3 Å². The Balaban J connectivity index is 1.61. The van der Waals surface area contributed by atoms with Crippen LogP contribution in [0.1, 0.15) is 40.9 Å². The average molecular weight is 342 g/mol. The number of amides is 2. The minimum Gasteiger partial charge on any atom is -0.467 e. The summed E-state index contributed by atoms with van der Waals surface area (Å²) in [6, 6.07) is 10.7. The monoisotopic (exact) mass is 342 g/mol. The zero-order chi connectivity index (χ0) is 16.9. The predicted molar refractivity (Wildman–Crippen MR) is 91.4 cm³/mol. The summed E-state index contributed by atoms with van der Waals surface area (Å²) in [4.78, 5) is 27.4. The lowest BCUT2D eigenvalue weighted by Crippen LogP contribution is -2.52. The van der Waals surface area contributed by atoms with Crippen molar-refractivity contribution in [2.75, 3.05) is 0 Å². The molecule has 6 heteroatoms. The normalized spacial score (nSPS) is 23.9. The van der Waals surface area contributed by atoms with Crippen LogP contribution in [0.2, 0.25) is 0 Å². The number of thioether (sulfide) groups is 1. The van der Waals surface area contributed by atoms with E-state index >= 15 is 0 Å². The van der Waals surface area contributed by atoms with Crippen LogP contribution >= 0.6 is 11.8 Å². The third-order valence-electron chi connectivity index (χ3n) is 4.56. The van der Waals surface area contributed by atoms with E-state index in [0.29, 0.717) is 17.9 Å². The molecule has 1 aromatic heterocycles. The Kier molecular flexibility index (Phi) is 3.46. The van der Waals surface area contributed by atoms with Crippen LogP contribution in [0.4, 0.5) is 0 Å². The highest BCUT2D eigenvalue weighted by molar-refractivity contribution is 8.01. The number of nitrogens with zero attached hydrogens (tertiary/aromatic N) is 1. The van der Waals surface area contributed by atoms with Gasteiger partial charge in [0.1, 0.15) is 17.2 Å². The summed E-state index contributed by atoms with van der Waals surface area (Å²) in [5.74, 6) is 0.485. The number of benzene rings is 1. The van der Waals surface area contributed by atoms with Crippen LogP contribution in [0, 0.1) is 0 Å². The first-order valence-corrected chi connectivity index (χ1v) is 8.76. The highest BCUT2D eigenvalue weighted by Gasteiger charge is 2.57. The molecule has 3 heterocycles. The fourth-order valence-corrected chi connectivity index (χ4v) is 5.08. The Hall–Kier alpha value is -2.21. The van der Waals surface area contributed by atoms with Crippen LogP contribution in [-0.2, 0) is 11.3 Å². The average Bonchev–Trinajstić information content (AvgIpc) is 3.22. The predicted octanol–water partition coefficient (Wildman–Crippen LogP) is 2.94. The standard InChI is InChI=1S/C18H18N2O3S/c1-18(2)14(15(21)19-10-11-6-5-9-23-11)20-16(22)12-7-3-4-8-13(12)17(20)24-18/h3-9,14,17H,10H2,1-2H3,(H,19,21)/t14-,17-/m0/s1. The van der Waals surface area contributed by atoms with Gasteiger partial charge >= 0.3 is 0 Å². The molecule has 0 radical (unpaired) electrons. The van der Waals surface area contributed by atoms with Gasteiger partial charge in [0.25, 0.3) is 5.91 Å². The number of nitrogens with one attached hydrogen (secondary N) is 1. The first-order chi connectivity index (χ1) is 11.5. The molecule has 0 unspecified atom stereocenters. The van der Waals surface area contributed by atoms with E-state index in [1.165, 1.54) is 0 Å². The van der Waals surface area contributed by atoms with E-state index < -0.39 is 6.04 Å². The molecule has 2 aromatic rings. The molecule has 0 spiro atoms. The van der Waals surface area contributed by atoms with Crippen molar-refractivity contribution < 1.29 is 14.0 Å². The number of rotatable bonds is 3. The molecule has 124 valence electrons.